The Morgan fingerprint density at radius 2 is 1.62 bits per heavy atom. The van der Waals surface area contributed by atoms with Crippen molar-refractivity contribution in [1.29, 1.82) is 0 Å². The highest BCUT2D eigenvalue weighted by Crippen LogP contribution is 2.53. The van der Waals surface area contributed by atoms with E-state index in [-0.39, 0.29) is 16.7 Å². The monoisotopic (exact) mass is 530 g/mol. The number of benzene rings is 3. The van der Waals surface area contributed by atoms with Gasteiger partial charge >= 0.3 is 4.87 Å². The second-order valence-electron chi connectivity index (χ2n) is 8.78. The van der Waals surface area contributed by atoms with E-state index in [0.717, 1.165) is 27.3 Å². The van der Waals surface area contributed by atoms with Crippen LogP contribution in [0.25, 0.3) is 0 Å². The Hall–Kier alpha value is -3.82. The number of nitrogens with zero attached hydrogens (tertiary/aromatic N) is 1. The van der Waals surface area contributed by atoms with Gasteiger partial charge in [-0.3, -0.25) is 14.4 Å². The standard InChI is InChI=1S/C28H22N2O5S2/c1-34-20-14-17(12-13-19(20)35-15-16-8-4-2-5-9-16)21-22-24(36-25-23(21)37-28(33)29-25)27(32)30(26(22)31)18-10-6-3-7-11-18/h2-14,21-22,24H,15H2,1H3,(H,29,33). The summed E-state index contributed by atoms with van der Waals surface area (Å²) < 4.78 is 11.7. The molecule has 9 heteroatoms. The SMILES string of the molecule is COc1cc(C2c3sc(=O)[nH]c3SC3C(=O)N(c4ccccc4)C(=O)C32)ccc1OCc1ccccc1. The summed E-state index contributed by atoms with van der Waals surface area (Å²) in [5.41, 5.74) is 2.36. The fourth-order valence-electron chi connectivity index (χ4n) is 4.94. The van der Waals surface area contributed by atoms with Crippen molar-refractivity contribution in [2.75, 3.05) is 12.0 Å². The molecule has 0 radical (unpaired) electrons. The van der Waals surface area contributed by atoms with Crippen LogP contribution in [-0.2, 0) is 16.2 Å². The summed E-state index contributed by atoms with van der Waals surface area (Å²) in [6, 6.07) is 24.3. The lowest BCUT2D eigenvalue weighted by Crippen LogP contribution is -2.32. The molecule has 3 unspecified atom stereocenters. The lowest BCUT2D eigenvalue weighted by molar-refractivity contribution is -0.122. The van der Waals surface area contributed by atoms with Crippen molar-refractivity contribution in [3.63, 3.8) is 0 Å². The maximum Gasteiger partial charge on any atom is 0.305 e. The van der Waals surface area contributed by atoms with Crippen molar-refractivity contribution in [3.8, 4) is 11.5 Å². The minimum Gasteiger partial charge on any atom is -0.493 e. The summed E-state index contributed by atoms with van der Waals surface area (Å²) in [7, 11) is 1.56. The van der Waals surface area contributed by atoms with E-state index < -0.39 is 17.1 Å². The molecule has 2 aliphatic rings. The lowest BCUT2D eigenvalue weighted by atomic mass is 9.83. The van der Waals surface area contributed by atoms with Crippen molar-refractivity contribution in [2.45, 2.75) is 22.8 Å². The van der Waals surface area contributed by atoms with Gasteiger partial charge in [-0.15, -0.1) is 0 Å². The molecule has 0 aliphatic carbocycles. The molecule has 4 aromatic rings. The highest BCUT2D eigenvalue weighted by Gasteiger charge is 2.56. The van der Waals surface area contributed by atoms with Gasteiger partial charge in [0.05, 0.1) is 23.7 Å². The number of H-pyrrole nitrogens is 1. The number of aromatic nitrogens is 1. The third-order valence-corrected chi connectivity index (χ3v) is 9.02. The van der Waals surface area contributed by atoms with Crippen LogP contribution in [0.1, 0.15) is 21.9 Å². The van der Waals surface area contributed by atoms with Crippen LogP contribution < -0.4 is 19.2 Å². The Balaban J connectivity index is 1.39. The first kappa shape index (κ1) is 23.6. The zero-order valence-electron chi connectivity index (χ0n) is 19.7. The number of rotatable bonds is 6. The minimum absolute atomic E-state index is 0.211. The van der Waals surface area contributed by atoms with Crippen LogP contribution in [0.3, 0.4) is 0 Å². The van der Waals surface area contributed by atoms with Crippen molar-refractivity contribution in [3.05, 3.63) is 105 Å². The first-order chi connectivity index (χ1) is 18.0. The normalized spacial score (nSPS) is 20.5. The fourth-order valence-corrected chi connectivity index (χ4v) is 7.46. The number of imide groups is 1. The van der Waals surface area contributed by atoms with Gasteiger partial charge in [0.15, 0.2) is 11.5 Å². The average molecular weight is 531 g/mol. The number of amides is 2. The number of anilines is 1. The second-order valence-corrected chi connectivity index (χ2v) is 10.9. The van der Waals surface area contributed by atoms with Gasteiger partial charge in [-0.1, -0.05) is 77.7 Å². The summed E-state index contributed by atoms with van der Waals surface area (Å²) in [5, 5.41) is -0.00357. The molecule has 0 saturated carbocycles. The van der Waals surface area contributed by atoms with Crippen molar-refractivity contribution in [1.82, 2.24) is 4.98 Å². The molecular formula is C28H22N2O5S2. The van der Waals surface area contributed by atoms with Gasteiger partial charge in [0.2, 0.25) is 11.8 Å². The Kier molecular flexibility index (Phi) is 6.10. The van der Waals surface area contributed by atoms with Crippen LogP contribution in [0.15, 0.2) is 88.7 Å². The highest BCUT2D eigenvalue weighted by atomic mass is 32.2. The Morgan fingerprint density at radius 3 is 2.35 bits per heavy atom. The molecule has 1 fully saturated rings. The van der Waals surface area contributed by atoms with E-state index in [1.807, 2.05) is 54.6 Å². The molecular weight excluding hydrogens is 508 g/mol. The largest absolute Gasteiger partial charge is 0.493 e. The fraction of sp³-hybridized carbons (Fsp3) is 0.179. The number of carbonyl (C=O) groups is 2. The number of thioether (sulfide) groups is 1. The van der Waals surface area contributed by atoms with Gasteiger partial charge in [0, 0.05) is 10.8 Å². The maximum absolute atomic E-state index is 13.8. The molecule has 0 spiro atoms. The van der Waals surface area contributed by atoms with Crippen LogP contribution in [0.5, 0.6) is 11.5 Å². The number of carbonyl (C=O) groups excluding carboxylic acids is 2. The first-order valence-corrected chi connectivity index (χ1v) is 13.4. The Labute approximate surface area is 221 Å². The van der Waals surface area contributed by atoms with Crippen LogP contribution >= 0.6 is 23.1 Å². The summed E-state index contributed by atoms with van der Waals surface area (Å²) >= 11 is 2.34. The van der Waals surface area contributed by atoms with Crippen LogP contribution in [0, 0.1) is 5.92 Å². The van der Waals surface area contributed by atoms with E-state index in [2.05, 4.69) is 4.98 Å². The molecule has 2 aliphatic heterocycles. The average Bonchev–Trinajstić information content (AvgIpc) is 3.42. The lowest BCUT2D eigenvalue weighted by Gasteiger charge is -2.30. The Morgan fingerprint density at radius 1 is 0.892 bits per heavy atom. The number of thiazole rings is 1. The van der Waals surface area contributed by atoms with Gasteiger partial charge in [0.1, 0.15) is 11.9 Å². The van der Waals surface area contributed by atoms with Gasteiger partial charge in [-0.2, -0.15) is 0 Å². The first-order valence-electron chi connectivity index (χ1n) is 11.7. The predicted molar refractivity (Wildman–Crippen MR) is 143 cm³/mol. The zero-order chi connectivity index (χ0) is 25.5. The third kappa shape index (κ3) is 4.14. The van der Waals surface area contributed by atoms with E-state index in [1.165, 1.54) is 16.7 Å². The predicted octanol–water partition coefficient (Wildman–Crippen LogP) is 4.82. The van der Waals surface area contributed by atoms with E-state index in [0.29, 0.717) is 28.8 Å². The van der Waals surface area contributed by atoms with Crippen molar-refractivity contribution in [2.24, 2.45) is 5.92 Å². The summed E-state index contributed by atoms with van der Waals surface area (Å²) in [6.45, 7) is 0.379. The number of hydrogen-bond donors (Lipinski definition) is 1. The minimum atomic E-state index is -0.655. The molecule has 7 nitrogen and oxygen atoms in total. The summed E-state index contributed by atoms with van der Waals surface area (Å²) in [4.78, 5) is 44.3. The molecule has 2 amide bonds. The number of fused-ring (bicyclic) bond motifs is 2. The van der Waals surface area contributed by atoms with Crippen LogP contribution in [0.4, 0.5) is 5.69 Å². The van der Waals surface area contributed by atoms with E-state index in [4.69, 9.17) is 9.47 Å². The second kappa shape index (κ2) is 9.57. The molecule has 0 bridgehead atoms. The third-order valence-electron chi connectivity index (χ3n) is 6.62. The molecule has 3 aromatic carbocycles. The smallest absolute Gasteiger partial charge is 0.305 e. The maximum atomic E-state index is 13.8. The number of methoxy groups -OCH3 is 1. The highest BCUT2D eigenvalue weighted by molar-refractivity contribution is 8.00. The number of nitrogens with one attached hydrogen (secondary N) is 1. The topological polar surface area (TPSA) is 88.7 Å². The van der Waals surface area contributed by atoms with Gasteiger partial charge in [-0.25, -0.2) is 4.90 Å². The zero-order valence-corrected chi connectivity index (χ0v) is 21.4. The van der Waals surface area contributed by atoms with Crippen molar-refractivity contribution < 1.29 is 19.1 Å². The van der Waals surface area contributed by atoms with Crippen LogP contribution in [-0.4, -0.2) is 29.2 Å². The van der Waals surface area contributed by atoms with Crippen molar-refractivity contribution >= 4 is 40.6 Å². The molecule has 37 heavy (non-hydrogen) atoms. The number of aromatic amines is 1. The van der Waals surface area contributed by atoms with E-state index in [1.54, 1.807) is 31.4 Å². The molecule has 6 rings (SSSR count). The molecule has 1 N–H and O–H groups in total. The van der Waals surface area contributed by atoms with Gasteiger partial charge in [-0.05, 0) is 35.4 Å². The van der Waals surface area contributed by atoms with E-state index in [9.17, 15) is 14.4 Å². The molecule has 186 valence electrons. The molecule has 3 atom stereocenters. The van der Waals surface area contributed by atoms with Gasteiger partial charge < -0.3 is 14.5 Å². The number of hydrogen-bond acceptors (Lipinski definition) is 7. The Bertz CT molecular complexity index is 1530. The summed E-state index contributed by atoms with van der Waals surface area (Å²) in [6.07, 6.45) is 0. The quantitative estimate of drug-likeness (QED) is 0.360. The van der Waals surface area contributed by atoms with Gasteiger partial charge in [0.25, 0.3) is 0 Å². The van der Waals surface area contributed by atoms with Crippen LogP contribution in [0.2, 0.25) is 0 Å². The molecule has 3 heterocycles. The number of para-hydroxylation sites is 1. The summed E-state index contributed by atoms with van der Waals surface area (Å²) in [5.74, 6) is -0.592. The molecule has 1 aromatic heterocycles. The molecule has 1 saturated heterocycles. The van der Waals surface area contributed by atoms with E-state index >= 15 is 0 Å². The number of ether oxygens (including phenoxy) is 2.